The average molecular weight is 349 g/mol. The Kier molecular flexibility index (Phi) is 4.96. The van der Waals surface area contributed by atoms with Gasteiger partial charge in [-0.25, -0.2) is 0 Å². The first-order chi connectivity index (χ1) is 12.2. The molecule has 2 heteroatoms. The van der Waals surface area contributed by atoms with Gasteiger partial charge in [0.15, 0.2) is 0 Å². The predicted molar refractivity (Wildman–Crippen MR) is 114 cm³/mol. The number of nitrogens with zero attached hydrogens (tertiary/aromatic N) is 2. The lowest BCUT2D eigenvalue weighted by Gasteiger charge is -2.47. The minimum atomic E-state index is 0.210. The number of rotatable bonds is 3. The van der Waals surface area contributed by atoms with Crippen molar-refractivity contribution < 1.29 is 0 Å². The Bertz CT molecular complexity index is 846. The van der Waals surface area contributed by atoms with Gasteiger partial charge in [0.25, 0.3) is 0 Å². The first-order valence-corrected chi connectivity index (χ1v) is 9.76. The number of anilines is 1. The molecule has 0 saturated carbocycles. The van der Waals surface area contributed by atoms with Crippen LogP contribution in [0.4, 0.5) is 11.4 Å². The van der Waals surface area contributed by atoms with Gasteiger partial charge in [0, 0.05) is 24.0 Å². The van der Waals surface area contributed by atoms with E-state index in [-0.39, 0.29) is 5.54 Å². The van der Waals surface area contributed by atoms with E-state index in [0.717, 1.165) is 12.2 Å². The molecule has 0 radical (unpaired) electrons. The highest BCUT2D eigenvalue weighted by atomic mass is 15.2. The standard InChI is InChI=1S/C24H32N2/c1-8-26-23-12-18(4)20(13-21(23)19(5)14-24(26,6)7)15-25-22-11-16(2)9-10-17(22)3/h9-13,15,19H,8,14H2,1-7H3. The summed E-state index contributed by atoms with van der Waals surface area (Å²) in [5, 5.41) is 0. The molecular weight excluding hydrogens is 316 g/mol. The van der Waals surface area contributed by atoms with E-state index >= 15 is 0 Å². The van der Waals surface area contributed by atoms with Crippen LogP contribution in [0.3, 0.4) is 0 Å². The Morgan fingerprint density at radius 1 is 1.12 bits per heavy atom. The summed E-state index contributed by atoms with van der Waals surface area (Å²) in [5.74, 6) is 0.566. The van der Waals surface area contributed by atoms with Crippen molar-refractivity contribution in [1.82, 2.24) is 0 Å². The Morgan fingerprint density at radius 3 is 2.54 bits per heavy atom. The molecule has 3 rings (SSSR count). The fraction of sp³-hybridized carbons (Fsp3) is 0.458. The van der Waals surface area contributed by atoms with Crippen LogP contribution in [0.1, 0.15) is 67.9 Å². The van der Waals surface area contributed by atoms with Gasteiger partial charge in [0.1, 0.15) is 0 Å². The van der Waals surface area contributed by atoms with Crippen LogP contribution in [0.25, 0.3) is 0 Å². The maximum absolute atomic E-state index is 4.80. The van der Waals surface area contributed by atoms with E-state index in [1.807, 2.05) is 6.21 Å². The molecule has 2 aromatic carbocycles. The zero-order valence-electron chi connectivity index (χ0n) is 17.4. The Balaban J connectivity index is 2.02. The molecule has 2 aromatic rings. The van der Waals surface area contributed by atoms with Gasteiger partial charge in [-0.15, -0.1) is 0 Å². The predicted octanol–water partition coefficient (Wildman–Crippen LogP) is 6.47. The van der Waals surface area contributed by atoms with Crippen LogP contribution in [-0.2, 0) is 0 Å². The summed E-state index contributed by atoms with van der Waals surface area (Å²) in [6, 6.07) is 11.2. The van der Waals surface area contributed by atoms with Crippen molar-refractivity contribution in [2.75, 3.05) is 11.4 Å². The molecule has 0 bridgehead atoms. The van der Waals surface area contributed by atoms with Crippen molar-refractivity contribution >= 4 is 17.6 Å². The number of aryl methyl sites for hydroxylation is 3. The molecule has 26 heavy (non-hydrogen) atoms. The zero-order chi connectivity index (χ0) is 19.1. The summed E-state index contributed by atoms with van der Waals surface area (Å²) in [4.78, 5) is 7.36. The number of hydrogen-bond acceptors (Lipinski definition) is 2. The van der Waals surface area contributed by atoms with Crippen molar-refractivity contribution in [3.8, 4) is 0 Å². The lowest BCUT2D eigenvalue weighted by atomic mass is 9.79. The number of hydrogen-bond donors (Lipinski definition) is 0. The second-order valence-electron chi connectivity index (χ2n) is 8.48. The minimum absolute atomic E-state index is 0.210. The number of aliphatic imine (C=N–C) groups is 1. The molecule has 0 aliphatic carbocycles. The topological polar surface area (TPSA) is 15.6 Å². The molecule has 0 spiro atoms. The summed E-state index contributed by atoms with van der Waals surface area (Å²) in [6.07, 6.45) is 3.23. The van der Waals surface area contributed by atoms with Gasteiger partial charge in [-0.1, -0.05) is 19.1 Å². The molecule has 0 aromatic heterocycles. The highest BCUT2D eigenvalue weighted by Crippen LogP contribution is 2.44. The van der Waals surface area contributed by atoms with Gasteiger partial charge < -0.3 is 4.90 Å². The summed E-state index contributed by atoms with van der Waals surface area (Å²) < 4.78 is 0. The van der Waals surface area contributed by atoms with Crippen LogP contribution in [0.2, 0.25) is 0 Å². The van der Waals surface area contributed by atoms with Crippen molar-refractivity contribution in [2.45, 2.75) is 66.3 Å². The summed E-state index contributed by atoms with van der Waals surface area (Å²) in [7, 11) is 0. The second kappa shape index (κ2) is 6.90. The van der Waals surface area contributed by atoms with Gasteiger partial charge in [-0.05, 0) is 99.9 Å². The minimum Gasteiger partial charge on any atom is -0.366 e. The first kappa shape index (κ1) is 18.7. The van der Waals surface area contributed by atoms with Crippen molar-refractivity contribution in [2.24, 2.45) is 4.99 Å². The maximum Gasteiger partial charge on any atom is 0.0661 e. The van der Waals surface area contributed by atoms with Gasteiger partial charge in [-0.2, -0.15) is 0 Å². The molecule has 0 fully saturated rings. The second-order valence-corrected chi connectivity index (χ2v) is 8.48. The lowest BCUT2D eigenvalue weighted by Crippen LogP contribution is -2.48. The van der Waals surface area contributed by atoms with Gasteiger partial charge in [0.2, 0.25) is 0 Å². The molecule has 1 aliphatic rings. The third-order valence-electron chi connectivity index (χ3n) is 5.80. The zero-order valence-corrected chi connectivity index (χ0v) is 17.4. The van der Waals surface area contributed by atoms with E-state index in [1.165, 1.54) is 39.9 Å². The third-order valence-corrected chi connectivity index (χ3v) is 5.80. The van der Waals surface area contributed by atoms with Gasteiger partial charge in [0.05, 0.1) is 5.69 Å². The molecule has 0 saturated heterocycles. The van der Waals surface area contributed by atoms with E-state index in [2.05, 4.69) is 83.7 Å². The van der Waals surface area contributed by atoms with E-state index in [4.69, 9.17) is 4.99 Å². The van der Waals surface area contributed by atoms with E-state index in [9.17, 15) is 0 Å². The van der Waals surface area contributed by atoms with Crippen LogP contribution < -0.4 is 4.90 Å². The van der Waals surface area contributed by atoms with Gasteiger partial charge in [-0.3, -0.25) is 4.99 Å². The van der Waals surface area contributed by atoms with Crippen LogP contribution >= 0.6 is 0 Å². The smallest absolute Gasteiger partial charge is 0.0661 e. The molecule has 0 N–H and O–H groups in total. The lowest BCUT2D eigenvalue weighted by molar-refractivity contribution is 0.381. The molecule has 1 aliphatic heterocycles. The van der Waals surface area contributed by atoms with E-state index < -0.39 is 0 Å². The highest BCUT2D eigenvalue weighted by molar-refractivity contribution is 5.86. The van der Waals surface area contributed by atoms with Crippen LogP contribution in [0, 0.1) is 20.8 Å². The molecule has 1 heterocycles. The summed E-state index contributed by atoms with van der Waals surface area (Å²) in [5.41, 5.74) is 9.12. The van der Waals surface area contributed by atoms with Crippen molar-refractivity contribution in [3.63, 3.8) is 0 Å². The number of benzene rings is 2. The fourth-order valence-electron chi connectivity index (χ4n) is 4.39. The Morgan fingerprint density at radius 2 is 1.85 bits per heavy atom. The quantitative estimate of drug-likeness (QED) is 0.580. The van der Waals surface area contributed by atoms with Crippen LogP contribution in [0.15, 0.2) is 35.3 Å². The van der Waals surface area contributed by atoms with E-state index in [1.54, 1.807) is 0 Å². The normalized spacial score (nSPS) is 19.0. The third kappa shape index (κ3) is 3.42. The first-order valence-electron chi connectivity index (χ1n) is 9.76. The average Bonchev–Trinajstić information content (AvgIpc) is 2.55. The Labute approximate surface area is 159 Å². The van der Waals surface area contributed by atoms with Gasteiger partial charge >= 0.3 is 0 Å². The Hall–Kier alpha value is -2.09. The van der Waals surface area contributed by atoms with E-state index in [0.29, 0.717) is 5.92 Å². The molecular formula is C24H32N2. The molecule has 1 atom stereocenters. The number of fused-ring (bicyclic) bond motifs is 1. The molecule has 138 valence electrons. The monoisotopic (exact) mass is 348 g/mol. The maximum atomic E-state index is 4.80. The van der Waals surface area contributed by atoms with Crippen molar-refractivity contribution in [3.05, 3.63) is 58.1 Å². The van der Waals surface area contributed by atoms with Crippen LogP contribution in [0.5, 0.6) is 0 Å². The molecule has 1 unspecified atom stereocenters. The van der Waals surface area contributed by atoms with Crippen LogP contribution in [-0.4, -0.2) is 18.3 Å². The highest BCUT2D eigenvalue weighted by Gasteiger charge is 2.35. The summed E-state index contributed by atoms with van der Waals surface area (Å²) >= 11 is 0. The van der Waals surface area contributed by atoms with Crippen molar-refractivity contribution in [1.29, 1.82) is 0 Å². The summed E-state index contributed by atoms with van der Waals surface area (Å²) in [6.45, 7) is 16.8. The largest absolute Gasteiger partial charge is 0.366 e. The fourth-order valence-corrected chi connectivity index (χ4v) is 4.39. The molecule has 0 amide bonds. The SMILES string of the molecule is CCN1c2cc(C)c(C=Nc3cc(C)ccc3C)cc2C(C)CC1(C)C. The molecule has 2 nitrogen and oxygen atoms in total.